The Morgan fingerprint density at radius 2 is 1.21 bits per heavy atom. The number of carbonyl (C=O) groups excluding carboxylic acids is 2. The number of azide groups is 1. The third-order valence-electron chi connectivity index (χ3n) is 7.06. The van der Waals surface area contributed by atoms with E-state index in [4.69, 9.17) is 23.7 Å². The Labute approximate surface area is 279 Å². The van der Waals surface area contributed by atoms with Gasteiger partial charge in [-0.05, 0) is 33.9 Å². The summed E-state index contributed by atoms with van der Waals surface area (Å²) in [4.78, 5) is 28.9. The Bertz CT molecular complexity index is 1620. The van der Waals surface area contributed by atoms with Crippen molar-refractivity contribution in [3.05, 3.63) is 166 Å². The summed E-state index contributed by atoms with van der Waals surface area (Å²) >= 11 is 0. The molecular weight excluding hydrogens is 612 g/mol. The highest BCUT2D eigenvalue weighted by atomic mass is 16.6. The van der Waals surface area contributed by atoms with Crippen LogP contribution in [0, 0.1) is 0 Å². The first kappa shape index (κ1) is 35.4. The predicted molar refractivity (Wildman–Crippen MR) is 179 cm³/mol. The molecule has 1 amide bonds. The highest BCUT2D eigenvalue weighted by Gasteiger charge is 2.32. The van der Waals surface area contributed by atoms with Crippen molar-refractivity contribution in [2.75, 3.05) is 13.7 Å². The summed E-state index contributed by atoms with van der Waals surface area (Å²) in [5.74, 6) is -0.845. The third-order valence-corrected chi connectivity index (χ3v) is 7.06. The second kappa shape index (κ2) is 19.9. The maximum atomic E-state index is 13.0. The topological polar surface area (TPSA) is 141 Å². The molecule has 48 heavy (non-hydrogen) atoms. The smallest absolute Gasteiger partial charge is 0.412 e. The van der Waals surface area contributed by atoms with E-state index in [-0.39, 0.29) is 38.7 Å². The van der Waals surface area contributed by atoms with Crippen molar-refractivity contribution >= 4 is 12.1 Å². The Kier molecular flexibility index (Phi) is 14.7. The molecule has 0 saturated carbocycles. The standard InChI is InChI=1S/C37H38N4O7/c1-44-36(42)32(39-37(43)48-26-31-20-12-5-13-21-31)22-34(46-24-29-16-8-3-9-17-29)35(47-25-30-18-10-4-11-19-30)33(40-41-38)27-45-23-28-14-6-2-7-15-28/h2-22,33-35H,23-27H2,1H3,(H,39,43)/b32-22-/t33-,34+,35+/m0/s1. The number of nitrogens with one attached hydrogen (secondary N) is 1. The number of rotatable bonds is 18. The summed E-state index contributed by atoms with van der Waals surface area (Å²) in [7, 11) is 1.19. The highest BCUT2D eigenvalue weighted by Crippen LogP contribution is 2.21. The van der Waals surface area contributed by atoms with Crippen LogP contribution in [0.2, 0.25) is 0 Å². The Balaban J connectivity index is 1.65. The van der Waals surface area contributed by atoms with Crippen molar-refractivity contribution in [3.63, 3.8) is 0 Å². The average molecular weight is 651 g/mol. The summed E-state index contributed by atoms with van der Waals surface area (Å²) in [5, 5.41) is 6.52. The highest BCUT2D eigenvalue weighted by molar-refractivity contribution is 5.92. The number of hydrogen-bond donors (Lipinski definition) is 1. The quantitative estimate of drug-likeness (QED) is 0.0400. The number of amides is 1. The number of alkyl carbamates (subject to hydrolysis) is 1. The number of nitrogens with zero attached hydrogens (tertiary/aromatic N) is 3. The fraction of sp³-hybridized carbons (Fsp3) is 0.243. The number of methoxy groups -OCH3 is 1. The van der Waals surface area contributed by atoms with Crippen molar-refractivity contribution in [1.29, 1.82) is 0 Å². The van der Waals surface area contributed by atoms with E-state index in [0.717, 1.165) is 22.3 Å². The Morgan fingerprint density at radius 3 is 1.71 bits per heavy atom. The molecule has 11 heteroatoms. The molecule has 4 aromatic rings. The van der Waals surface area contributed by atoms with Gasteiger partial charge in [0.25, 0.3) is 0 Å². The van der Waals surface area contributed by atoms with Crippen LogP contribution < -0.4 is 5.32 Å². The zero-order valence-corrected chi connectivity index (χ0v) is 26.6. The Hall–Kier alpha value is -5.45. The molecule has 0 spiro atoms. The third kappa shape index (κ3) is 12.1. The van der Waals surface area contributed by atoms with Gasteiger partial charge in [-0.2, -0.15) is 0 Å². The van der Waals surface area contributed by atoms with E-state index >= 15 is 0 Å². The maximum absolute atomic E-state index is 13.0. The average Bonchev–Trinajstić information content (AvgIpc) is 3.13. The van der Waals surface area contributed by atoms with Crippen LogP contribution in [0.4, 0.5) is 4.79 Å². The molecule has 248 valence electrons. The van der Waals surface area contributed by atoms with E-state index in [0.29, 0.717) is 0 Å². The molecule has 1 N–H and O–H groups in total. The zero-order valence-electron chi connectivity index (χ0n) is 26.6. The van der Waals surface area contributed by atoms with Crippen molar-refractivity contribution in [3.8, 4) is 0 Å². The van der Waals surface area contributed by atoms with Crippen LogP contribution in [0.1, 0.15) is 22.3 Å². The van der Waals surface area contributed by atoms with Gasteiger partial charge in [0.1, 0.15) is 18.4 Å². The van der Waals surface area contributed by atoms with Gasteiger partial charge >= 0.3 is 12.1 Å². The first-order valence-electron chi connectivity index (χ1n) is 15.3. The van der Waals surface area contributed by atoms with E-state index in [1.54, 1.807) is 0 Å². The number of benzene rings is 4. The van der Waals surface area contributed by atoms with Gasteiger partial charge in [-0.1, -0.05) is 126 Å². The lowest BCUT2D eigenvalue weighted by molar-refractivity contribution is -0.136. The molecule has 0 radical (unpaired) electrons. The minimum absolute atomic E-state index is 0.0183. The lowest BCUT2D eigenvalue weighted by Crippen LogP contribution is -2.43. The van der Waals surface area contributed by atoms with E-state index in [1.807, 2.05) is 121 Å². The van der Waals surface area contributed by atoms with Gasteiger partial charge in [-0.15, -0.1) is 0 Å². The van der Waals surface area contributed by atoms with Gasteiger partial charge in [0.15, 0.2) is 0 Å². The summed E-state index contributed by atoms with van der Waals surface area (Å²) in [5.41, 5.74) is 12.8. The summed E-state index contributed by atoms with van der Waals surface area (Å²) in [6.45, 7) is 0.444. The SMILES string of the molecule is COC(=O)/C(=C/[C@@H](OCc1ccccc1)[C@H](OCc1ccccc1)[C@H](COCc1ccccc1)N=[N+]=[N-])NC(=O)OCc1ccccc1. The second-order valence-electron chi connectivity index (χ2n) is 10.6. The van der Waals surface area contributed by atoms with Gasteiger partial charge < -0.3 is 23.7 Å². The molecule has 0 aromatic heterocycles. The minimum Gasteiger partial charge on any atom is -0.464 e. The van der Waals surface area contributed by atoms with Crippen LogP contribution >= 0.6 is 0 Å². The molecule has 0 bridgehead atoms. The van der Waals surface area contributed by atoms with E-state index in [9.17, 15) is 15.1 Å². The normalized spacial score (nSPS) is 13.0. The van der Waals surface area contributed by atoms with E-state index < -0.39 is 30.3 Å². The summed E-state index contributed by atoms with van der Waals surface area (Å²) in [6, 6.07) is 36.6. The number of ether oxygens (including phenoxy) is 5. The van der Waals surface area contributed by atoms with Crippen molar-refractivity contribution in [2.45, 2.75) is 44.7 Å². The fourth-order valence-electron chi connectivity index (χ4n) is 4.63. The lowest BCUT2D eigenvalue weighted by Gasteiger charge is -2.30. The van der Waals surface area contributed by atoms with E-state index in [1.165, 1.54) is 13.2 Å². The number of carbonyl (C=O) groups is 2. The minimum atomic E-state index is -1.05. The molecule has 0 aliphatic rings. The van der Waals surface area contributed by atoms with Gasteiger partial charge in [0, 0.05) is 4.91 Å². The molecule has 0 aliphatic carbocycles. The van der Waals surface area contributed by atoms with Crippen molar-refractivity contribution in [1.82, 2.24) is 5.32 Å². The molecule has 0 heterocycles. The number of hydrogen-bond acceptors (Lipinski definition) is 8. The zero-order chi connectivity index (χ0) is 33.8. The molecular formula is C37H38N4O7. The first-order valence-corrected chi connectivity index (χ1v) is 15.3. The lowest BCUT2D eigenvalue weighted by atomic mass is 10.0. The van der Waals surface area contributed by atoms with Crippen molar-refractivity contribution < 1.29 is 33.3 Å². The number of esters is 1. The first-order chi connectivity index (χ1) is 23.6. The molecule has 0 unspecified atom stereocenters. The van der Waals surface area contributed by atoms with Crippen LogP contribution in [0.3, 0.4) is 0 Å². The van der Waals surface area contributed by atoms with Crippen LogP contribution in [0.15, 0.2) is 138 Å². The Morgan fingerprint density at radius 1 is 0.729 bits per heavy atom. The van der Waals surface area contributed by atoms with Gasteiger partial charge in [0.2, 0.25) is 0 Å². The van der Waals surface area contributed by atoms with Crippen molar-refractivity contribution in [2.24, 2.45) is 5.11 Å². The summed E-state index contributed by atoms with van der Waals surface area (Å²) < 4.78 is 29.1. The van der Waals surface area contributed by atoms with E-state index in [2.05, 4.69) is 15.3 Å². The fourth-order valence-corrected chi connectivity index (χ4v) is 4.63. The molecule has 4 rings (SSSR count). The molecule has 4 aromatic carbocycles. The monoisotopic (exact) mass is 650 g/mol. The van der Waals surface area contributed by atoms with Crippen LogP contribution in [0.5, 0.6) is 0 Å². The van der Waals surface area contributed by atoms with Gasteiger partial charge in [-0.25, -0.2) is 9.59 Å². The van der Waals surface area contributed by atoms with Crippen LogP contribution in [-0.4, -0.2) is 44.0 Å². The molecule has 0 fully saturated rings. The van der Waals surface area contributed by atoms with Gasteiger partial charge in [-0.3, -0.25) is 5.32 Å². The van der Waals surface area contributed by atoms with Gasteiger partial charge in [0.05, 0.1) is 45.7 Å². The largest absolute Gasteiger partial charge is 0.464 e. The molecule has 11 nitrogen and oxygen atoms in total. The molecule has 0 saturated heterocycles. The maximum Gasteiger partial charge on any atom is 0.412 e. The summed E-state index contributed by atoms with van der Waals surface area (Å²) in [6.07, 6.45) is -1.53. The molecule has 3 atom stereocenters. The second-order valence-corrected chi connectivity index (χ2v) is 10.6. The predicted octanol–water partition coefficient (Wildman–Crippen LogP) is 7.04. The van der Waals surface area contributed by atoms with Crippen LogP contribution in [0.25, 0.3) is 10.4 Å². The molecule has 0 aliphatic heterocycles. The van der Waals surface area contributed by atoms with Crippen LogP contribution in [-0.2, 0) is 54.9 Å².